The van der Waals surface area contributed by atoms with Crippen LogP contribution in [0.5, 0.6) is 5.75 Å². The number of carbonyl (C=O) groups is 3. The number of phenolic OH excluding ortho intramolecular Hbond substituents is 1. The number of rotatable bonds is 9. The molecule has 1 aromatic rings. The summed E-state index contributed by atoms with van der Waals surface area (Å²) < 4.78 is 5.28. The summed E-state index contributed by atoms with van der Waals surface area (Å²) in [7, 11) is 0. The highest BCUT2D eigenvalue weighted by atomic mass is 16.6. The molecule has 4 N–H and O–H groups in total. The van der Waals surface area contributed by atoms with Gasteiger partial charge in [-0.2, -0.15) is 0 Å². The van der Waals surface area contributed by atoms with Gasteiger partial charge in [0.15, 0.2) is 0 Å². The molecular formula is C23H37N3O6. The number of ether oxygens (including phenoxy) is 1. The third-order valence-corrected chi connectivity index (χ3v) is 4.45. The second-order valence-electron chi connectivity index (χ2n) is 9.25. The molecule has 0 fully saturated rings. The van der Waals surface area contributed by atoms with Gasteiger partial charge in [-0.15, -0.1) is 0 Å². The molecule has 0 saturated carbocycles. The first-order valence-corrected chi connectivity index (χ1v) is 10.8. The minimum Gasteiger partial charge on any atom is -0.508 e. The number of nitrogens with zero attached hydrogens (tertiary/aromatic N) is 1. The molecule has 180 valence electrons. The van der Waals surface area contributed by atoms with Crippen molar-refractivity contribution in [2.75, 3.05) is 13.2 Å². The van der Waals surface area contributed by atoms with Crippen LogP contribution in [0.2, 0.25) is 0 Å². The second kappa shape index (κ2) is 11.7. The molecule has 1 aromatic carbocycles. The number of nitrogens with one attached hydrogen (secondary N) is 2. The molecule has 9 nitrogen and oxygen atoms in total. The molecule has 0 bridgehead atoms. The third-order valence-electron chi connectivity index (χ3n) is 4.45. The van der Waals surface area contributed by atoms with Crippen molar-refractivity contribution in [1.29, 1.82) is 0 Å². The van der Waals surface area contributed by atoms with Crippen LogP contribution in [0.25, 0.3) is 0 Å². The fourth-order valence-electron chi connectivity index (χ4n) is 3.13. The van der Waals surface area contributed by atoms with E-state index in [4.69, 9.17) is 4.74 Å². The normalized spacial score (nSPS) is 13.4. The summed E-state index contributed by atoms with van der Waals surface area (Å²) in [6, 6.07) is 3.77. The van der Waals surface area contributed by atoms with Crippen molar-refractivity contribution in [3.8, 4) is 5.75 Å². The average Bonchev–Trinajstić information content (AvgIpc) is 2.64. The maximum Gasteiger partial charge on any atom is 0.408 e. The number of carbonyl (C=O) groups excluding carboxylic acids is 3. The highest BCUT2D eigenvalue weighted by Crippen LogP contribution is 2.30. The van der Waals surface area contributed by atoms with Gasteiger partial charge < -0.3 is 30.5 Å². The Morgan fingerprint density at radius 1 is 1.06 bits per heavy atom. The molecule has 0 aromatic heterocycles. The number of aliphatic hydroxyl groups is 1. The summed E-state index contributed by atoms with van der Waals surface area (Å²) in [5.74, 6) is -1.59. The third kappa shape index (κ3) is 8.03. The number of para-hydroxylation sites is 1. The van der Waals surface area contributed by atoms with E-state index in [1.54, 1.807) is 66.7 Å². The zero-order chi connectivity index (χ0) is 24.6. The summed E-state index contributed by atoms with van der Waals surface area (Å²) in [4.78, 5) is 40.2. The summed E-state index contributed by atoms with van der Waals surface area (Å²) >= 11 is 0. The van der Waals surface area contributed by atoms with Gasteiger partial charge >= 0.3 is 6.09 Å². The lowest BCUT2D eigenvalue weighted by Crippen LogP contribution is -2.55. The van der Waals surface area contributed by atoms with Gasteiger partial charge in [0.05, 0.1) is 6.61 Å². The topological polar surface area (TPSA) is 128 Å². The van der Waals surface area contributed by atoms with Crippen LogP contribution in [0, 0.1) is 5.92 Å². The van der Waals surface area contributed by atoms with E-state index in [0.717, 1.165) is 0 Å². The maximum atomic E-state index is 13.6. The molecular weight excluding hydrogens is 414 g/mol. The minimum absolute atomic E-state index is 0.159. The Balaban J connectivity index is 3.40. The van der Waals surface area contributed by atoms with Crippen molar-refractivity contribution >= 4 is 17.9 Å². The van der Waals surface area contributed by atoms with E-state index in [9.17, 15) is 24.6 Å². The van der Waals surface area contributed by atoms with Crippen LogP contribution in [-0.2, 0) is 14.3 Å². The van der Waals surface area contributed by atoms with E-state index >= 15 is 0 Å². The van der Waals surface area contributed by atoms with Crippen LogP contribution in [0.15, 0.2) is 24.3 Å². The lowest BCUT2D eigenvalue weighted by Gasteiger charge is -2.35. The number of amides is 3. The number of aliphatic hydroxyl groups excluding tert-OH is 1. The molecule has 1 rings (SSSR count). The number of alkyl carbamates (subject to hydrolysis) is 1. The Hall–Kier alpha value is -2.81. The molecule has 0 spiro atoms. The predicted molar refractivity (Wildman–Crippen MR) is 121 cm³/mol. The van der Waals surface area contributed by atoms with E-state index < -0.39 is 42.2 Å². The van der Waals surface area contributed by atoms with Gasteiger partial charge in [-0.05, 0) is 46.6 Å². The summed E-state index contributed by atoms with van der Waals surface area (Å²) in [6.45, 7) is 11.6. The number of hydrogen-bond donors (Lipinski definition) is 4. The van der Waals surface area contributed by atoms with Crippen molar-refractivity contribution in [2.24, 2.45) is 5.92 Å². The summed E-state index contributed by atoms with van der Waals surface area (Å²) in [5.41, 5.74) is -0.540. The van der Waals surface area contributed by atoms with Gasteiger partial charge in [0.1, 0.15) is 23.4 Å². The van der Waals surface area contributed by atoms with E-state index in [0.29, 0.717) is 0 Å². The van der Waals surface area contributed by atoms with Crippen molar-refractivity contribution in [2.45, 2.75) is 72.2 Å². The first kappa shape index (κ1) is 27.2. The Bertz CT molecular complexity index is 788. The van der Waals surface area contributed by atoms with Crippen molar-refractivity contribution in [3.05, 3.63) is 29.8 Å². The molecule has 2 unspecified atom stereocenters. The van der Waals surface area contributed by atoms with Gasteiger partial charge in [-0.3, -0.25) is 9.59 Å². The zero-order valence-electron chi connectivity index (χ0n) is 20.0. The highest BCUT2D eigenvalue weighted by Gasteiger charge is 2.38. The molecule has 9 heteroatoms. The molecule has 2 atom stereocenters. The van der Waals surface area contributed by atoms with E-state index in [-0.39, 0.29) is 29.8 Å². The summed E-state index contributed by atoms with van der Waals surface area (Å²) in [6.07, 6.45) is -0.765. The first-order valence-electron chi connectivity index (χ1n) is 10.8. The van der Waals surface area contributed by atoms with Crippen molar-refractivity contribution < 1.29 is 29.3 Å². The Morgan fingerprint density at radius 2 is 1.66 bits per heavy atom. The first-order chi connectivity index (χ1) is 14.8. The molecule has 0 aliphatic heterocycles. The van der Waals surface area contributed by atoms with Crippen LogP contribution in [0.1, 0.15) is 60.1 Å². The Kier molecular flexibility index (Phi) is 9.96. The van der Waals surface area contributed by atoms with E-state index in [1.807, 2.05) is 0 Å². The quantitative estimate of drug-likeness (QED) is 0.456. The smallest absolute Gasteiger partial charge is 0.408 e. The molecule has 0 heterocycles. The molecule has 32 heavy (non-hydrogen) atoms. The Morgan fingerprint density at radius 3 is 2.12 bits per heavy atom. The maximum absolute atomic E-state index is 13.6. The van der Waals surface area contributed by atoms with E-state index in [2.05, 4.69) is 10.6 Å². The Labute approximate surface area is 190 Å². The number of aromatic hydroxyl groups is 1. The van der Waals surface area contributed by atoms with Gasteiger partial charge in [-0.25, -0.2) is 4.79 Å². The summed E-state index contributed by atoms with van der Waals surface area (Å²) in [5, 5.41) is 25.4. The molecule has 3 amide bonds. The number of hydrogen-bond acceptors (Lipinski definition) is 6. The van der Waals surface area contributed by atoms with Gasteiger partial charge in [0, 0.05) is 18.2 Å². The van der Waals surface area contributed by atoms with E-state index in [1.165, 1.54) is 11.0 Å². The molecule has 0 aliphatic rings. The predicted octanol–water partition coefficient (Wildman–Crippen LogP) is 2.33. The molecule has 0 saturated heterocycles. The highest BCUT2D eigenvalue weighted by molar-refractivity contribution is 5.92. The van der Waals surface area contributed by atoms with Crippen LogP contribution in [-0.4, -0.2) is 63.9 Å². The van der Waals surface area contributed by atoms with Crippen molar-refractivity contribution in [1.82, 2.24) is 15.5 Å². The average molecular weight is 452 g/mol. The molecule has 0 radical (unpaired) electrons. The zero-order valence-corrected chi connectivity index (χ0v) is 20.0. The van der Waals surface area contributed by atoms with Gasteiger partial charge in [-0.1, -0.05) is 32.0 Å². The van der Waals surface area contributed by atoms with Crippen molar-refractivity contribution in [3.63, 3.8) is 0 Å². The van der Waals surface area contributed by atoms with Crippen LogP contribution in [0.3, 0.4) is 0 Å². The van der Waals surface area contributed by atoms with Crippen LogP contribution >= 0.6 is 0 Å². The minimum atomic E-state index is -1.21. The van der Waals surface area contributed by atoms with Crippen LogP contribution < -0.4 is 10.6 Å². The lowest BCUT2D eigenvalue weighted by molar-refractivity contribution is -0.144. The van der Waals surface area contributed by atoms with Gasteiger partial charge in [0.2, 0.25) is 11.8 Å². The number of phenols is 1. The van der Waals surface area contributed by atoms with Crippen LogP contribution in [0.4, 0.5) is 4.79 Å². The largest absolute Gasteiger partial charge is 0.508 e. The monoisotopic (exact) mass is 451 g/mol. The fourth-order valence-corrected chi connectivity index (χ4v) is 3.13. The SMILES string of the molecule is CC(C)NC(=O)C(c1ccccc1O)N(CCO)C(=O)C(NC(=O)OC(C)(C)C)C(C)C. The fraction of sp³-hybridized carbons (Fsp3) is 0.609. The lowest BCUT2D eigenvalue weighted by atomic mass is 9.98. The van der Waals surface area contributed by atoms with Gasteiger partial charge in [0.25, 0.3) is 0 Å². The number of benzene rings is 1. The second-order valence-corrected chi connectivity index (χ2v) is 9.25. The standard InChI is InChI=1S/C23H37N3O6/c1-14(2)18(25-22(31)32-23(5,6)7)21(30)26(12-13-27)19(20(29)24-15(3)4)16-10-8-9-11-17(16)28/h8-11,14-15,18-19,27-28H,12-13H2,1-7H3,(H,24,29)(H,25,31). The molecule has 0 aliphatic carbocycles.